The Labute approximate surface area is 201 Å². The third-order valence-corrected chi connectivity index (χ3v) is 8.34. The number of halogens is 1. The number of amidine groups is 1. The first-order chi connectivity index (χ1) is 16.3. The highest BCUT2D eigenvalue weighted by Gasteiger charge is 2.66. The van der Waals surface area contributed by atoms with Gasteiger partial charge in [-0.15, -0.1) is 0 Å². The fourth-order valence-electron chi connectivity index (χ4n) is 4.89. The Morgan fingerprint density at radius 1 is 1.32 bits per heavy atom. The number of aromatic nitrogens is 2. The van der Waals surface area contributed by atoms with Crippen LogP contribution in [0.2, 0.25) is 0 Å². The molecular weight excluding hydrogens is 457 g/mol. The molecule has 0 spiro atoms. The number of carbonyl (C=O) groups excluding carboxylic acids is 1. The van der Waals surface area contributed by atoms with Crippen LogP contribution in [0.25, 0.3) is 0 Å². The van der Waals surface area contributed by atoms with E-state index in [1.165, 1.54) is 55.6 Å². The lowest BCUT2D eigenvalue weighted by Crippen LogP contribution is -2.37. The summed E-state index contributed by atoms with van der Waals surface area (Å²) in [5.41, 5.74) is 6.26. The zero-order valence-electron chi connectivity index (χ0n) is 19.2. The monoisotopic (exact) mass is 485 g/mol. The molecule has 1 aromatic heterocycles. The van der Waals surface area contributed by atoms with Crippen LogP contribution in [0.3, 0.4) is 0 Å². The standard InChI is InChI=1S/C24H28FN5O3S/c1-23(19-9-24(19,13-32-2)34-22(26)30-23)16-8-15(6-7-17(16)25)29-21(31)18-10-28-20(11-27-18)33-12-14-4-3-5-14/h6-8,10-11,14,19H,3-5,9,12-13H2,1-2H3,(H2,26,30)(H,29,31)/t19-,23-,24+/m0/s1. The zero-order valence-corrected chi connectivity index (χ0v) is 20.0. The van der Waals surface area contributed by atoms with Gasteiger partial charge in [0, 0.05) is 24.3 Å². The summed E-state index contributed by atoms with van der Waals surface area (Å²) in [7, 11) is 1.65. The fraction of sp³-hybridized carbons (Fsp3) is 0.500. The highest BCUT2D eigenvalue weighted by molar-refractivity contribution is 8.15. The lowest BCUT2D eigenvalue weighted by atomic mass is 9.85. The number of benzene rings is 1. The second-order valence-electron chi connectivity index (χ2n) is 9.45. The third kappa shape index (κ3) is 4.24. The largest absolute Gasteiger partial charge is 0.476 e. The maximum absolute atomic E-state index is 15.0. The van der Waals surface area contributed by atoms with Gasteiger partial charge in [-0.3, -0.25) is 9.79 Å². The van der Waals surface area contributed by atoms with Gasteiger partial charge >= 0.3 is 0 Å². The zero-order chi connectivity index (χ0) is 23.9. The van der Waals surface area contributed by atoms with Crippen molar-refractivity contribution in [3.63, 3.8) is 0 Å². The summed E-state index contributed by atoms with van der Waals surface area (Å²) < 4.78 is 25.8. The number of hydrogen-bond acceptors (Lipinski definition) is 8. The number of methoxy groups -OCH3 is 1. The van der Waals surface area contributed by atoms with Crippen molar-refractivity contribution in [2.45, 2.75) is 42.9 Å². The molecule has 8 nitrogen and oxygen atoms in total. The first-order valence-electron chi connectivity index (χ1n) is 11.4. The molecule has 2 saturated carbocycles. The molecule has 1 amide bonds. The van der Waals surface area contributed by atoms with E-state index < -0.39 is 17.3 Å². The molecule has 2 aromatic rings. The van der Waals surface area contributed by atoms with Gasteiger partial charge in [-0.25, -0.2) is 14.4 Å². The Bertz CT molecular complexity index is 1130. The Hall–Kier alpha value is -2.72. The van der Waals surface area contributed by atoms with Crippen molar-refractivity contribution >= 4 is 28.5 Å². The summed E-state index contributed by atoms with van der Waals surface area (Å²) in [6.07, 6.45) is 7.26. The predicted molar refractivity (Wildman–Crippen MR) is 129 cm³/mol. The average Bonchev–Trinajstić information content (AvgIpc) is 3.49. The average molecular weight is 486 g/mol. The summed E-state index contributed by atoms with van der Waals surface area (Å²) in [5, 5.41) is 3.20. The molecule has 0 saturated heterocycles. The molecule has 3 aliphatic rings. The van der Waals surface area contributed by atoms with Crippen LogP contribution in [0.5, 0.6) is 5.88 Å². The number of nitrogens with zero attached hydrogens (tertiary/aromatic N) is 3. The molecule has 2 heterocycles. The number of rotatable bonds is 8. The summed E-state index contributed by atoms with van der Waals surface area (Å²) in [6, 6.07) is 4.48. The van der Waals surface area contributed by atoms with Gasteiger partial charge in [0.05, 0.1) is 35.9 Å². The fourth-order valence-corrected chi connectivity index (χ4v) is 6.34. The van der Waals surface area contributed by atoms with Gasteiger partial charge in [0.15, 0.2) is 5.17 Å². The number of anilines is 1. The van der Waals surface area contributed by atoms with E-state index in [2.05, 4.69) is 20.3 Å². The van der Waals surface area contributed by atoms with E-state index >= 15 is 0 Å². The van der Waals surface area contributed by atoms with Gasteiger partial charge in [-0.05, 0) is 50.3 Å². The van der Waals surface area contributed by atoms with Gasteiger partial charge < -0.3 is 20.5 Å². The van der Waals surface area contributed by atoms with Crippen LogP contribution in [0.4, 0.5) is 10.1 Å². The second kappa shape index (κ2) is 8.81. The Kier molecular flexibility index (Phi) is 5.97. The highest BCUT2D eigenvalue weighted by Crippen LogP contribution is 2.66. The number of nitrogens with two attached hydrogens (primary N) is 1. The maximum Gasteiger partial charge on any atom is 0.275 e. The first-order valence-corrected chi connectivity index (χ1v) is 12.2. The Balaban J connectivity index is 1.31. The smallest absolute Gasteiger partial charge is 0.275 e. The van der Waals surface area contributed by atoms with Crippen LogP contribution in [0.1, 0.15) is 48.7 Å². The van der Waals surface area contributed by atoms with Crippen LogP contribution in [-0.4, -0.2) is 46.1 Å². The number of ether oxygens (including phenoxy) is 2. The summed E-state index contributed by atoms with van der Waals surface area (Å²) in [6.45, 7) is 3.03. The minimum absolute atomic E-state index is 0.0797. The maximum atomic E-state index is 15.0. The molecule has 34 heavy (non-hydrogen) atoms. The van der Waals surface area contributed by atoms with Crippen molar-refractivity contribution in [1.29, 1.82) is 0 Å². The van der Waals surface area contributed by atoms with E-state index in [1.807, 2.05) is 6.92 Å². The molecule has 2 fully saturated rings. The summed E-state index contributed by atoms with van der Waals surface area (Å²) in [5.74, 6) is 0.223. The number of amides is 1. The van der Waals surface area contributed by atoms with Gasteiger partial charge in [0.25, 0.3) is 5.91 Å². The molecular formula is C24H28FN5O3S. The molecule has 1 aliphatic heterocycles. The molecule has 0 radical (unpaired) electrons. The predicted octanol–water partition coefficient (Wildman–Crippen LogP) is 3.73. The number of thioether (sulfide) groups is 1. The van der Waals surface area contributed by atoms with Crippen LogP contribution in [-0.2, 0) is 10.3 Å². The topological polar surface area (TPSA) is 112 Å². The van der Waals surface area contributed by atoms with Crippen molar-refractivity contribution in [2.24, 2.45) is 22.6 Å². The number of hydrogen-bond donors (Lipinski definition) is 2. The van der Waals surface area contributed by atoms with Crippen LogP contribution < -0.4 is 15.8 Å². The molecule has 10 heteroatoms. The molecule has 180 valence electrons. The Morgan fingerprint density at radius 3 is 2.82 bits per heavy atom. The van der Waals surface area contributed by atoms with Crippen molar-refractivity contribution < 1.29 is 18.7 Å². The number of fused-ring (bicyclic) bond motifs is 1. The summed E-state index contributed by atoms with van der Waals surface area (Å²) >= 11 is 1.50. The van der Waals surface area contributed by atoms with Gasteiger partial charge in [-0.2, -0.15) is 0 Å². The van der Waals surface area contributed by atoms with Crippen LogP contribution >= 0.6 is 11.8 Å². The van der Waals surface area contributed by atoms with Crippen molar-refractivity contribution in [3.8, 4) is 5.88 Å². The van der Waals surface area contributed by atoms with Crippen molar-refractivity contribution in [3.05, 3.63) is 47.7 Å². The number of carbonyl (C=O) groups is 1. The third-order valence-electron chi connectivity index (χ3n) is 7.06. The highest BCUT2D eigenvalue weighted by atomic mass is 32.2. The molecule has 3 atom stereocenters. The molecule has 0 bridgehead atoms. The van der Waals surface area contributed by atoms with E-state index in [0.717, 1.165) is 6.42 Å². The van der Waals surface area contributed by atoms with E-state index in [-0.39, 0.29) is 16.4 Å². The molecule has 2 aliphatic carbocycles. The van der Waals surface area contributed by atoms with Crippen molar-refractivity contribution in [1.82, 2.24) is 9.97 Å². The second-order valence-corrected chi connectivity index (χ2v) is 10.9. The quantitative estimate of drug-likeness (QED) is 0.586. The van der Waals surface area contributed by atoms with Gasteiger partial charge in [0.1, 0.15) is 11.5 Å². The SMILES string of the molecule is COC[C@]12C[C@H]1[C@](C)(c1cc(NC(=O)c3cnc(OCC4CCC4)cn3)ccc1F)N=C(N)S2. The number of aliphatic imine (C=N–C) groups is 1. The number of nitrogens with one attached hydrogen (secondary N) is 1. The first kappa shape index (κ1) is 23.0. The lowest BCUT2D eigenvalue weighted by molar-refractivity contribution is 0.102. The summed E-state index contributed by atoms with van der Waals surface area (Å²) in [4.78, 5) is 25.7. The normalized spacial score (nSPS) is 27.9. The van der Waals surface area contributed by atoms with Crippen LogP contribution in [0, 0.1) is 17.7 Å². The van der Waals surface area contributed by atoms with E-state index in [1.54, 1.807) is 13.2 Å². The minimum atomic E-state index is -0.849. The van der Waals surface area contributed by atoms with Gasteiger partial charge in [-0.1, -0.05) is 18.2 Å². The molecule has 0 unspecified atom stereocenters. The molecule has 3 N–H and O–H groups in total. The van der Waals surface area contributed by atoms with Crippen molar-refractivity contribution in [2.75, 3.05) is 25.6 Å². The van der Waals surface area contributed by atoms with E-state index in [4.69, 9.17) is 15.2 Å². The van der Waals surface area contributed by atoms with Crippen LogP contribution in [0.15, 0.2) is 35.6 Å². The van der Waals surface area contributed by atoms with E-state index in [9.17, 15) is 9.18 Å². The minimum Gasteiger partial charge on any atom is -0.476 e. The van der Waals surface area contributed by atoms with E-state index in [0.29, 0.717) is 41.4 Å². The Morgan fingerprint density at radius 2 is 2.15 bits per heavy atom. The lowest BCUT2D eigenvalue weighted by Gasteiger charge is -2.34. The molecule has 1 aromatic carbocycles. The molecule has 5 rings (SSSR count). The van der Waals surface area contributed by atoms with Gasteiger partial charge in [0.2, 0.25) is 5.88 Å².